The van der Waals surface area contributed by atoms with E-state index in [2.05, 4.69) is 5.32 Å². The monoisotopic (exact) mass is 673 g/mol. The molecular weight excluding hydrogens is 635 g/mol. The lowest BCUT2D eigenvalue weighted by Crippen LogP contribution is -2.52. The first-order valence-electron chi connectivity index (χ1n) is 16.1. The number of urea groups is 1. The zero-order valence-electron chi connectivity index (χ0n) is 27.2. The van der Waals surface area contributed by atoms with Crippen molar-refractivity contribution >= 4 is 17.9 Å². The molecule has 4 aromatic rings. The van der Waals surface area contributed by atoms with Crippen LogP contribution in [0.2, 0.25) is 0 Å². The fourth-order valence-corrected chi connectivity index (χ4v) is 6.02. The van der Waals surface area contributed by atoms with Crippen LogP contribution in [-0.4, -0.2) is 52.4 Å². The number of fused-ring (bicyclic) bond motifs is 1. The minimum absolute atomic E-state index is 0.0183. The van der Waals surface area contributed by atoms with Crippen molar-refractivity contribution in [1.82, 2.24) is 15.1 Å². The standard InChI is InChI=1S/C38H38F3N3O5/c1-3-43(4-2)37(48)44-21-20-28-16-19-31(49-24-25-10-17-30(18-11-25)38(39,40)41)22-32(28)35(44)36(47)42-33(23-34(45)46)29-14-12-27(13-15-29)26-8-6-5-7-9-26/h5-19,22,33,35H,3-4,20-21,23-24H2,1-2H3,(H,42,47)(H,45,46). The molecule has 49 heavy (non-hydrogen) atoms. The van der Waals surface area contributed by atoms with Crippen molar-refractivity contribution in [3.8, 4) is 16.9 Å². The van der Waals surface area contributed by atoms with Gasteiger partial charge in [0, 0.05) is 19.6 Å². The number of halogens is 3. The predicted molar refractivity (Wildman–Crippen MR) is 179 cm³/mol. The third-order valence-electron chi connectivity index (χ3n) is 8.68. The SMILES string of the molecule is CCN(CC)C(=O)N1CCc2ccc(OCc3ccc(C(F)(F)F)cc3)cc2C1C(=O)NC(CC(=O)O)c1ccc(-c2ccccc2)cc1. The summed E-state index contributed by atoms with van der Waals surface area (Å²) >= 11 is 0. The Morgan fingerprint density at radius 2 is 1.57 bits per heavy atom. The van der Waals surface area contributed by atoms with E-state index in [0.717, 1.165) is 28.8 Å². The summed E-state index contributed by atoms with van der Waals surface area (Å²) in [6, 6.07) is 24.6. The van der Waals surface area contributed by atoms with Crippen LogP contribution in [0, 0.1) is 0 Å². The van der Waals surface area contributed by atoms with E-state index in [1.54, 1.807) is 29.2 Å². The van der Waals surface area contributed by atoms with E-state index in [4.69, 9.17) is 4.74 Å². The Balaban J connectivity index is 1.44. The van der Waals surface area contributed by atoms with Gasteiger partial charge < -0.3 is 25.0 Å². The number of nitrogens with one attached hydrogen (secondary N) is 1. The Kier molecular flexibility index (Phi) is 10.9. The molecule has 0 spiro atoms. The molecule has 0 saturated heterocycles. The molecule has 0 aromatic heterocycles. The molecule has 3 amide bonds. The number of hydrogen-bond donors (Lipinski definition) is 2. The minimum atomic E-state index is -4.45. The van der Waals surface area contributed by atoms with Crippen LogP contribution in [-0.2, 0) is 28.8 Å². The highest BCUT2D eigenvalue weighted by molar-refractivity contribution is 5.90. The highest BCUT2D eigenvalue weighted by Crippen LogP contribution is 2.35. The molecule has 1 heterocycles. The summed E-state index contributed by atoms with van der Waals surface area (Å²) in [7, 11) is 0. The van der Waals surface area contributed by atoms with Crippen molar-refractivity contribution in [2.75, 3.05) is 19.6 Å². The topological polar surface area (TPSA) is 99.2 Å². The molecule has 0 aliphatic carbocycles. The summed E-state index contributed by atoms with van der Waals surface area (Å²) in [6.45, 7) is 4.81. The zero-order chi connectivity index (χ0) is 35.1. The van der Waals surface area contributed by atoms with E-state index in [1.807, 2.05) is 62.4 Å². The average molecular weight is 674 g/mol. The van der Waals surface area contributed by atoms with Crippen molar-refractivity contribution in [3.05, 3.63) is 125 Å². The van der Waals surface area contributed by atoms with Gasteiger partial charge in [-0.25, -0.2) is 4.79 Å². The van der Waals surface area contributed by atoms with E-state index in [9.17, 15) is 32.7 Å². The van der Waals surface area contributed by atoms with E-state index < -0.39 is 35.7 Å². The number of amides is 3. The van der Waals surface area contributed by atoms with Gasteiger partial charge in [-0.15, -0.1) is 0 Å². The molecule has 1 aliphatic heterocycles. The minimum Gasteiger partial charge on any atom is -0.489 e. The number of nitrogens with zero attached hydrogens (tertiary/aromatic N) is 2. The first-order valence-corrected chi connectivity index (χ1v) is 16.1. The summed E-state index contributed by atoms with van der Waals surface area (Å²) in [5.41, 5.74) is 3.65. The van der Waals surface area contributed by atoms with Gasteiger partial charge in [-0.1, -0.05) is 72.8 Å². The molecule has 5 rings (SSSR count). The van der Waals surface area contributed by atoms with Crippen molar-refractivity contribution < 1.29 is 37.4 Å². The molecule has 0 bridgehead atoms. The first kappa shape index (κ1) is 35.0. The van der Waals surface area contributed by atoms with E-state index in [0.29, 0.717) is 42.0 Å². The Morgan fingerprint density at radius 3 is 2.18 bits per heavy atom. The van der Waals surface area contributed by atoms with Crippen molar-refractivity contribution in [1.29, 1.82) is 0 Å². The second-order valence-electron chi connectivity index (χ2n) is 11.8. The number of benzene rings is 4. The molecular formula is C38H38F3N3O5. The number of carboxylic acid groups (broad SMARTS) is 1. The number of carboxylic acids is 1. The maximum atomic E-state index is 14.3. The fraction of sp³-hybridized carbons (Fsp3) is 0.289. The summed E-state index contributed by atoms with van der Waals surface area (Å²) in [4.78, 5) is 43.1. The molecule has 4 aromatic carbocycles. The van der Waals surface area contributed by atoms with Crippen molar-refractivity contribution in [2.45, 2.75) is 51.6 Å². The fourth-order valence-electron chi connectivity index (χ4n) is 6.02. The lowest BCUT2D eigenvalue weighted by Gasteiger charge is -2.39. The number of rotatable bonds is 11. The van der Waals surface area contributed by atoms with Crippen molar-refractivity contribution in [2.24, 2.45) is 0 Å². The predicted octanol–water partition coefficient (Wildman–Crippen LogP) is 7.64. The van der Waals surface area contributed by atoms with Gasteiger partial charge in [-0.3, -0.25) is 9.59 Å². The third kappa shape index (κ3) is 8.40. The largest absolute Gasteiger partial charge is 0.489 e. The number of carbonyl (C=O) groups is 3. The molecule has 0 saturated carbocycles. The number of alkyl halides is 3. The Hall–Kier alpha value is -5.32. The normalized spacial score (nSPS) is 14.8. The van der Waals surface area contributed by atoms with Gasteiger partial charge in [-0.2, -0.15) is 13.2 Å². The summed E-state index contributed by atoms with van der Waals surface area (Å²) in [5.74, 6) is -1.27. The molecule has 0 fully saturated rings. The smallest absolute Gasteiger partial charge is 0.416 e. The van der Waals surface area contributed by atoms with Crippen LogP contribution in [0.4, 0.5) is 18.0 Å². The average Bonchev–Trinajstić information content (AvgIpc) is 3.10. The first-order chi connectivity index (χ1) is 23.5. The van der Waals surface area contributed by atoms with E-state index >= 15 is 0 Å². The maximum Gasteiger partial charge on any atom is 0.416 e. The lowest BCUT2D eigenvalue weighted by atomic mass is 9.91. The molecule has 256 valence electrons. The molecule has 8 nitrogen and oxygen atoms in total. The summed E-state index contributed by atoms with van der Waals surface area (Å²) in [6.07, 6.45) is -4.35. The molecule has 2 atom stereocenters. The maximum absolute atomic E-state index is 14.3. The van der Waals surface area contributed by atoms with Crippen LogP contribution in [0.3, 0.4) is 0 Å². The lowest BCUT2D eigenvalue weighted by molar-refractivity contribution is -0.138. The highest BCUT2D eigenvalue weighted by Gasteiger charge is 2.39. The summed E-state index contributed by atoms with van der Waals surface area (Å²) in [5, 5.41) is 12.7. The number of carbonyl (C=O) groups excluding carboxylic acids is 2. The van der Waals surface area contributed by atoms with Gasteiger partial charge in [0.15, 0.2) is 0 Å². The molecule has 0 radical (unpaired) electrons. The Morgan fingerprint density at radius 1 is 0.918 bits per heavy atom. The van der Waals surface area contributed by atoms with Crippen LogP contribution < -0.4 is 10.1 Å². The molecule has 11 heteroatoms. The second kappa shape index (κ2) is 15.3. The zero-order valence-corrected chi connectivity index (χ0v) is 27.2. The second-order valence-corrected chi connectivity index (χ2v) is 11.8. The van der Waals surface area contributed by atoms with Gasteiger partial charge in [0.05, 0.1) is 18.0 Å². The van der Waals surface area contributed by atoms with Crippen LogP contribution >= 0.6 is 0 Å². The Labute approximate surface area is 283 Å². The van der Waals surface area contributed by atoms with Crippen LogP contribution in [0.25, 0.3) is 11.1 Å². The van der Waals surface area contributed by atoms with Crippen LogP contribution in [0.15, 0.2) is 97.1 Å². The Bertz CT molecular complexity index is 1760. The number of hydrogen-bond acceptors (Lipinski definition) is 4. The van der Waals surface area contributed by atoms with Gasteiger partial charge >= 0.3 is 18.2 Å². The summed E-state index contributed by atoms with van der Waals surface area (Å²) < 4.78 is 45.0. The van der Waals surface area contributed by atoms with Gasteiger partial charge in [0.25, 0.3) is 0 Å². The highest BCUT2D eigenvalue weighted by atomic mass is 19.4. The third-order valence-corrected chi connectivity index (χ3v) is 8.68. The van der Waals surface area contributed by atoms with E-state index in [-0.39, 0.29) is 25.6 Å². The van der Waals surface area contributed by atoms with Gasteiger partial charge in [0.2, 0.25) is 5.91 Å². The van der Waals surface area contributed by atoms with Crippen LogP contribution in [0.5, 0.6) is 5.75 Å². The molecule has 1 aliphatic rings. The van der Waals surface area contributed by atoms with Crippen LogP contribution in [0.1, 0.15) is 60.2 Å². The van der Waals surface area contributed by atoms with Crippen molar-refractivity contribution in [3.63, 3.8) is 0 Å². The van der Waals surface area contributed by atoms with Gasteiger partial charge in [0.1, 0.15) is 18.4 Å². The van der Waals surface area contributed by atoms with Gasteiger partial charge in [-0.05, 0) is 77.9 Å². The molecule has 2 N–H and O–H groups in total. The van der Waals surface area contributed by atoms with E-state index in [1.165, 1.54) is 17.0 Å². The number of aliphatic carboxylic acids is 1. The molecule has 2 unspecified atom stereocenters. The number of ether oxygens (including phenoxy) is 1. The quantitative estimate of drug-likeness (QED) is 0.171.